The number of halogens is 1. The lowest BCUT2D eigenvalue weighted by atomic mass is 10.1. The highest BCUT2D eigenvalue weighted by atomic mass is 127. The number of nitrogens with one attached hydrogen (secondary N) is 1. The fourth-order valence-corrected chi connectivity index (χ4v) is 2.15. The van der Waals surface area contributed by atoms with Crippen LogP contribution in [-0.4, -0.2) is 10.5 Å². The quantitative estimate of drug-likeness (QED) is 0.798. The van der Waals surface area contributed by atoms with E-state index in [4.69, 9.17) is 4.74 Å². The Morgan fingerprint density at radius 3 is 2.60 bits per heavy atom. The molecule has 0 aliphatic heterocycles. The van der Waals surface area contributed by atoms with E-state index in [2.05, 4.69) is 53.7 Å². The normalized spacial score (nSPS) is 11.4. The molecular weight excluding hydrogens is 363 g/mol. The molecule has 1 heterocycles. The lowest BCUT2D eigenvalue weighted by Crippen LogP contribution is -2.35. The Morgan fingerprint density at radius 2 is 1.90 bits per heavy atom. The summed E-state index contributed by atoms with van der Waals surface area (Å²) in [5.74, 6) is 1.66. The number of benzene rings is 1. The van der Waals surface area contributed by atoms with Crippen LogP contribution in [0.5, 0.6) is 11.5 Å². The number of hydrogen-bond acceptors (Lipinski definition) is 3. The molecule has 0 amide bonds. The molecule has 0 saturated carbocycles. The molecule has 20 heavy (non-hydrogen) atoms. The van der Waals surface area contributed by atoms with Gasteiger partial charge in [0.1, 0.15) is 11.5 Å². The third-order valence-corrected chi connectivity index (χ3v) is 3.29. The Kier molecular flexibility index (Phi) is 4.99. The van der Waals surface area contributed by atoms with Gasteiger partial charge in [-0.3, -0.25) is 4.98 Å². The third-order valence-electron chi connectivity index (χ3n) is 2.62. The van der Waals surface area contributed by atoms with Crippen molar-refractivity contribution >= 4 is 22.6 Å². The van der Waals surface area contributed by atoms with Gasteiger partial charge in [-0.05, 0) is 67.6 Å². The average molecular weight is 382 g/mol. The predicted octanol–water partition coefficient (Wildman–Crippen LogP) is 4.37. The van der Waals surface area contributed by atoms with Crippen LogP contribution in [0.3, 0.4) is 0 Å². The summed E-state index contributed by atoms with van der Waals surface area (Å²) in [6.45, 7) is 7.14. The van der Waals surface area contributed by atoms with Crippen LogP contribution in [0, 0.1) is 3.57 Å². The molecule has 0 fully saturated rings. The standard InChI is InChI=1S/C16H19IN2O/c1-16(2,3)19-11-13-10-15(7-8-18-13)20-14-6-4-5-12(17)9-14/h4-10,19H,11H2,1-3H3. The Labute approximate surface area is 133 Å². The van der Waals surface area contributed by atoms with Crippen molar-refractivity contribution in [2.75, 3.05) is 0 Å². The van der Waals surface area contributed by atoms with Crippen LogP contribution < -0.4 is 10.1 Å². The zero-order valence-electron chi connectivity index (χ0n) is 12.0. The molecule has 0 atom stereocenters. The largest absolute Gasteiger partial charge is 0.457 e. The van der Waals surface area contributed by atoms with Gasteiger partial charge in [0.25, 0.3) is 0 Å². The SMILES string of the molecule is CC(C)(C)NCc1cc(Oc2cccc(I)c2)ccn1. The first-order valence-corrected chi connectivity index (χ1v) is 7.64. The van der Waals surface area contributed by atoms with Crippen LogP contribution in [0.4, 0.5) is 0 Å². The first-order valence-electron chi connectivity index (χ1n) is 6.56. The maximum absolute atomic E-state index is 5.86. The summed E-state index contributed by atoms with van der Waals surface area (Å²) in [6, 6.07) is 11.8. The minimum absolute atomic E-state index is 0.0775. The molecule has 106 valence electrons. The van der Waals surface area contributed by atoms with Gasteiger partial charge in [-0.2, -0.15) is 0 Å². The van der Waals surface area contributed by atoms with Crippen LogP contribution in [0.2, 0.25) is 0 Å². The van der Waals surface area contributed by atoms with E-state index in [-0.39, 0.29) is 5.54 Å². The molecule has 1 aromatic carbocycles. The van der Waals surface area contributed by atoms with Crippen molar-refractivity contribution < 1.29 is 4.74 Å². The molecule has 0 spiro atoms. The summed E-state index contributed by atoms with van der Waals surface area (Å²) in [4.78, 5) is 4.36. The number of pyridine rings is 1. The molecule has 0 aliphatic carbocycles. The van der Waals surface area contributed by atoms with Crippen molar-refractivity contribution in [3.8, 4) is 11.5 Å². The lowest BCUT2D eigenvalue weighted by molar-refractivity contribution is 0.419. The topological polar surface area (TPSA) is 34.1 Å². The van der Waals surface area contributed by atoms with Crippen molar-refractivity contribution in [2.45, 2.75) is 32.9 Å². The second-order valence-electron chi connectivity index (χ2n) is 5.65. The Bertz CT molecular complexity index is 579. The molecule has 0 aliphatic rings. The minimum atomic E-state index is 0.0775. The van der Waals surface area contributed by atoms with Crippen molar-refractivity contribution in [3.05, 3.63) is 51.9 Å². The Hall–Kier alpha value is -1.14. The van der Waals surface area contributed by atoms with E-state index >= 15 is 0 Å². The summed E-state index contributed by atoms with van der Waals surface area (Å²) < 4.78 is 7.02. The van der Waals surface area contributed by atoms with Gasteiger partial charge in [0, 0.05) is 27.9 Å². The zero-order chi connectivity index (χ0) is 14.6. The molecule has 4 heteroatoms. The minimum Gasteiger partial charge on any atom is -0.457 e. The number of hydrogen-bond donors (Lipinski definition) is 1. The van der Waals surface area contributed by atoms with Gasteiger partial charge in [0.2, 0.25) is 0 Å². The molecule has 3 nitrogen and oxygen atoms in total. The predicted molar refractivity (Wildman–Crippen MR) is 90.1 cm³/mol. The fourth-order valence-electron chi connectivity index (χ4n) is 1.64. The smallest absolute Gasteiger partial charge is 0.130 e. The summed E-state index contributed by atoms with van der Waals surface area (Å²) in [5, 5.41) is 3.42. The summed E-state index contributed by atoms with van der Waals surface area (Å²) in [7, 11) is 0. The third kappa shape index (κ3) is 5.09. The van der Waals surface area contributed by atoms with E-state index < -0.39 is 0 Å². The lowest BCUT2D eigenvalue weighted by Gasteiger charge is -2.20. The fraction of sp³-hybridized carbons (Fsp3) is 0.312. The van der Waals surface area contributed by atoms with Crippen LogP contribution in [-0.2, 0) is 6.54 Å². The molecule has 0 radical (unpaired) electrons. The van der Waals surface area contributed by atoms with Gasteiger partial charge in [0.05, 0.1) is 5.69 Å². The van der Waals surface area contributed by atoms with E-state index in [9.17, 15) is 0 Å². The van der Waals surface area contributed by atoms with E-state index in [1.807, 2.05) is 36.4 Å². The zero-order valence-corrected chi connectivity index (χ0v) is 14.1. The first kappa shape index (κ1) is 15.3. The molecule has 2 aromatic rings. The number of rotatable bonds is 4. The summed E-state index contributed by atoms with van der Waals surface area (Å²) >= 11 is 2.27. The maximum Gasteiger partial charge on any atom is 0.130 e. The average Bonchev–Trinajstić information content (AvgIpc) is 2.36. The van der Waals surface area contributed by atoms with Gasteiger partial charge in [-0.1, -0.05) is 6.07 Å². The van der Waals surface area contributed by atoms with Crippen molar-refractivity contribution in [3.63, 3.8) is 0 Å². The van der Waals surface area contributed by atoms with Gasteiger partial charge in [0.15, 0.2) is 0 Å². The number of ether oxygens (including phenoxy) is 1. The first-order chi connectivity index (χ1) is 9.42. The van der Waals surface area contributed by atoms with E-state index in [0.717, 1.165) is 27.3 Å². The molecular formula is C16H19IN2O. The highest BCUT2D eigenvalue weighted by Gasteiger charge is 2.09. The molecule has 2 rings (SSSR count). The van der Waals surface area contributed by atoms with Gasteiger partial charge in [-0.25, -0.2) is 0 Å². The Balaban J connectivity index is 2.06. The second-order valence-corrected chi connectivity index (χ2v) is 6.89. The van der Waals surface area contributed by atoms with Crippen LogP contribution in [0.25, 0.3) is 0 Å². The number of aromatic nitrogens is 1. The molecule has 1 aromatic heterocycles. The van der Waals surface area contributed by atoms with Gasteiger partial charge < -0.3 is 10.1 Å². The second kappa shape index (κ2) is 6.54. The van der Waals surface area contributed by atoms with Crippen molar-refractivity contribution in [1.82, 2.24) is 10.3 Å². The highest BCUT2D eigenvalue weighted by molar-refractivity contribution is 14.1. The molecule has 1 N–H and O–H groups in total. The van der Waals surface area contributed by atoms with Crippen LogP contribution in [0.15, 0.2) is 42.6 Å². The molecule has 0 unspecified atom stereocenters. The summed E-state index contributed by atoms with van der Waals surface area (Å²) in [6.07, 6.45) is 1.78. The van der Waals surface area contributed by atoms with Gasteiger partial charge >= 0.3 is 0 Å². The van der Waals surface area contributed by atoms with Crippen molar-refractivity contribution in [2.24, 2.45) is 0 Å². The van der Waals surface area contributed by atoms with E-state index in [1.54, 1.807) is 6.20 Å². The van der Waals surface area contributed by atoms with E-state index in [1.165, 1.54) is 0 Å². The van der Waals surface area contributed by atoms with Crippen molar-refractivity contribution in [1.29, 1.82) is 0 Å². The number of nitrogens with zero attached hydrogens (tertiary/aromatic N) is 1. The highest BCUT2D eigenvalue weighted by Crippen LogP contribution is 2.23. The van der Waals surface area contributed by atoms with Crippen LogP contribution >= 0.6 is 22.6 Å². The summed E-state index contributed by atoms with van der Waals surface area (Å²) in [5.41, 5.74) is 1.05. The maximum atomic E-state index is 5.86. The monoisotopic (exact) mass is 382 g/mol. The molecule has 0 saturated heterocycles. The van der Waals surface area contributed by atoms with Crippen LogP contribution in [0.1, 0.15) is 26.5 Å². The molecule has 0 bridgehead atoms. The Morgan fingerprint density at radius 1 is 1.15 bits per heavy atom. The van der Waals surface area contributed by atoms with Gasteiger partial charge in [-0.15, -0.1) is 0 Å². The van der Waals surface area contributed by atoms with E-state index in [0.29, 0.717) is 0 Å².